The van der Waals surface area contributed by atoms with Crippen LogP contribution >= 0.6 is 0 Å². The Labute approximate surface area is 199 Å². The number of pyridine rings is 1. The van der Waals surface area contributed by atoms with Crippen molar-refractivity contribution in [3.8, 4) is 5.75 Å². The number of aromatic nitrogens is 1. The number of benzene rings is 2. The van der Waals surface area contributed by atoms with Gasteiger partial charge in [0, 0.05) is 49.5 Å². The molecular formula is C27H31FN4O2. The van der Waals surface area contributed by atoms with Gasteiger partial charge in [0.1, 0.15) is 5.82 Å². The molecule has 1 fully saturated rings. The number of methoxy groups -OCH3 is 1. The predicted molar refractivity (Wildman–Crippen MR) is 135 cm³/mol. The van der Waals surface area contributed by atoms with Crippen molar-refractivity contribution in [1.29, 1.82) is 5.41 Å². The third kappa shape index (κ3) is 5.72. The van der Waals surface area contributed by atoms with Gasteiger partial charge in [-0.25, -0.2) is 9.37 Å². The van der Waals surface area contributed by atoms with E-state index in [-0.39, 0.29) is 11.7 Å². The van der Waals surface area contributed by atoms with Crippen molar-refractivity contribution >= 4 is 22.3 Å². The first-order chi connectivity index (χ1) is 16.6. The number of nitrogens with zero attached hydrogens (tertiary/aromatic N) is 1. The normalized spacial score (nSPS) is 15.4. The fraction of sp³-hybridized carbons (Fsp3) is 0.333. The Morgan fingerprint density at radius 1 is 1.21 bits per heavy atom. The maximum Gasteiger partial charge on any atom is 0.165 e. The second kappa shape index (κ2) is 11.1. The summed E-state index contributed by atoms with van der Waals surface area (Å²) in [6.07, 6.45) is 7.84. The molecule has 0 amide bonds. The van der Waals surface area contributed by atoms with E-state index in [9.17, 15) is 4.39 Å². The number of anilines is 1. The van der Waals surface area contributed by atoms with Crippen LogP contribution in [0.4, 0.5) is 10.2 Å². The molecule has 0 spiro atoms. The van der Waals surface area contributed by atoms with Gasteiger partial charge < -0.3 is 25.5 Å². The number of hydrogen-bond acceptors (Lipinski definition) is 6. The highest BCUT2D eigenvalue weighted by atomic mass is 19.1. The number of fused-ring (bicyclic) bond motifs is 1. The van der Waals surface area contributed by atoms with Crippen molar-refractivity contribution in [1.82, 2.24) is 10.3 Å². The Kier molecular flexibility index (Phi) is 7.75. The van der Waals surface area contributed by atoms with E-state index in [1.54, 1.807) is 25.4 Å². The summed E-state index contributed by atoms with van der Waals surface area (Å²) in [6.45, 7) is 1.55. The van der Waals surface area contributed by atoms with E-state index in [0.717, 1.165) is 53.8 Å². The molecule has 6 nitrogen and oxygen atoms in total. The number of hydrogen-bond donors (Lipinski definition) is 3. The minimum atomic E-state index is -0.427. The largest absolute Gasteiger partial charge is 0.494 e. The van der Waals surface area contributed by atoms with Gasteiger partial charge in [0.15, 0.2) is 11.6 Å². The van der Waals surface area contributed by atoms with Crippen LogP contribution in [0.2, 0.25) is 0 Å². The monoisotopic (exact) mass is 462 g/mol. The average molecular weight is 463 g/mol. The van der Waals surface area contributed by atoms with Gasteiger partial charge >= 0.3 is 0 Å². The molecule has 7 heteroatoms. The molecule has 1 aromatic heterocycles. The summed E-state index contributed by atoms with van der Waals surface area (Å²) in [5.41, 5.74) is 2.20. The lowest BCUT2D eigenvalue weighted by molar-refractivity contribution is 0.0904. The predicted octanol–water partition coefficient (Wildman–Crippen LogP) is 5.05. The Morgan fingerprint density at radius 2 is 2.03 bits per heavy atom. The molecule has 1 saturated heterocycles. The van der Waals surface area contributed by atoms with Crippen LogP contribution in [-0.4, -0.2) is 44.1 Å². The fourth-order valence-corrected chi connectivity index (χ4v) is 4.28. The molecule has 2 heterocycles. The highest BCUT2D eigenvalue weighted by Gasteiger charge is 2.19. The van der Waals surface area contributed by atoms with E-state index < -0.39 is 5.82 Å². The quantitative estimate of drug-likeness (QED) is 0.388. The van der Waals surface area contributed by atoms with E-state index >= 15 is 0 Å². The van der Waals surface area contributed by atoms with Crippen LogP contribution in [0.3, 0.4) is 0 Å². The van der Waals surface area contributed by atoms with Gasteiger partial charge in [0.25, 0.3) is 0 Å². The minimum Gasteiger partial charge on any atom is -0.494 e. The molecule has 4 rings (SSSR count). The lowest BCUT2D eigenvalue weighted by atomic mass is 9.87. The maximum absolute atomic E-state index is 14.5. The number of nitrogens with one attached hydrogen (secondary N) is 3. The second-order valence-electron chi connectivity index (χ2n) is 8.51. The highest BCUT2D eigenvalue weighted by Crippen LogP contribution is 2.29. The van der Waals surface area contributed by atoms with E-state index in [2.05, 4.69) is 39.9 Å². The van der Waals surface area contributed by atoms with Crippen LogP contribution in [-0.2, 0) is 11.2 Å². The standard InChI is InChI=1S/C27H31FN4O2/c1-30-10-7-25(29)23(19-5-6-26(33-2)24(28)15-19)14-18-3-4-20-17-31-27(16-21(20)13-18)32-22-8-11-34-12-9-22/h3-7,10,13,15-17,22-23,29-30H,8-9,11-12,14H2,1-2H3,(H,31,32)/b10-7-,29-25?/t23-/m1/s1. The van der Waals surface area contributed by atoms with Crippen LogP contribution in [0.5, 0.6) is 5.75 Å². The Morgan fingerprint density at radius 3 is 2.76 bits per heavy atom. The zero-order chi connectivity index (χ0) is 23.9. The highest BCUT2D eigenvalue weighted by molar-refractivity contribution is 5.98. The van der Waals surface area contributed by atoms with Crippen LogP contribution in [0.25, 0.3) is 10.8 Å². The van der Waals surface area contributed by atoms with E-state index in [1.165, 1.54) is 13.2 Å². The molecule has 34 heavy (non-hydrogen) atoms. The molecule has 1 aliphatic rings. The topological polar surface area (TPSA) is 79.3 Å². The molecule has 0 radical (unpaired) electrons. The maximum atomic E-state index is 14.5. The third-order valence-electron chi connectivity index (χ3n) is 6.18. The molecule has 178 valence electrons. The fourth-order valence-electron chi connectivity index (χ4n) is 4.28. The average Bonchev–Trinajstić information content (AvgIpc) is 2.86. The van der Waals surface area contributed by atoms with Crippen molar-refractivity contribution in [3.05, 3.63) is 77.9 Å². The molecule has 3 aromatic rings. The van der Waals surface area contributed by atoms with Crippen LogP contribution in [0, 0.1) is 11.2 Å². The molecule has 3 N–H and O–H groups in total. The second-order valence-corrected chi connectivity index (χ2v) is 8.51. The zero-order valence-electron chi connectivity index (χ0n) is 19.6. The Hall–Kier alpha value is -3.45. The van der Waals surface area contributed by atoms with Gasteiger partial charge in [0.05, 0.1) is 7.11 Å². The molecule has 1 atom stereocenters. The van der Waals surface area contributed by atoms with Gasteiger partial charge in [0.2, 0.25) is 0 Å². The van der Waals surface area contributed by atoms with Crippen molar-refractivity contribution < 1.29 is 13.9 Å². The van der Waals surface area contributed by atoms with Crippen molar-refractivity contribution in [2.75, 3.05) is 32.7 Å². The summed E-state index contributed by atoms with van der Waals surface area (Å²) in [6, 6.07) is 13.6. The van der Waals surface area contributed by atoms with Crippen LogP contribution < -0.4 is 15.4 Å². The summed E-state index contributed by atoms with van der Waals surface area (Å²) in [5.74, 6) is 0.325. The van der Waals surface area contributed by atoms with Gasteiger partial charge in [-0.15, -0.1) is 0 Å². The first kappa shape index (κ1) is 23.7. The number of ether oxygens (including phenoxy) is 2. The smallest absolute Gasteiger partial charge is 0.165 e. The van der Waals surface area contributed by atoms with Gasteiger partial charge in [-0.2, -0.15) is 0 Å². The summed E-state index contributed by atoms with van der Waals surface area (Å²) < 4.78 is 25.0. The first-order valence-corrected chi connectivity index (χ1v) is 11.6. The van der Waals surface area contributed by atoms with Crippen LogP contribution in [0.15, 0.2) is 60.9 Å². The number of rotatable bonds is 9. The summed E-state index contributed by atoms with van der Waals surface area (Å²) in [7, 11) is 3.23. The molecule has 1 aliphatic heterocycles. The van der Waals surface area contributed by atoms with E-state index in [0.29, 0.717) is 18.2 Å². The first-order valence-electron chi connectivity index (χ1n) is 11.6. The third-order valence-corrected chi connectivity index (χ3v) is 6.18. The lowest BCUT2D eigenvalue weighted by Crippen LogP contribution is -2.28. The molecule has 0 bridgehead atoms. The summed E-state index contributed by atoms with van der Waals surface area (Å²) >= 11 is 0. The van der Waals surface area contributed by atoms with Crippen molar-refractivity contribution in [3.63, 3.8) is 0 Å². The molecule has 0 aliphatic carbocycles. The molecule has 0 saturated carbocycles. The zero-order valence-corrected chi connectivity index (χ0v) is 19.6. The Bertz CT molecular complexity index is 1170. The SMILES string of the molecule is CN/C=C\C(=N)[C@H](Cc1ccc2cnc(NC3CCOCC3)cc2c1)c1ccc(OC)c(F)c1. The molecular weight excluding hydrogens is 431 g/mol. The van der Waals surface area contributed by atoms with Gasteiger partial charge in [-0.05, 0) is 66.3 Å². The summed E-state index contributed by atoms with van der Waals surface area (Å²) in [5, 5.41) is 17.2. The van der Waals surface area contributed by atoms with Gasteiger partial charge in [-0.1, -0.05) is 24.3 Å². The van der Waals surface area contributed by atoms with Crippen LogP contribution in [0.1, 0.15) is 29.9 Å². The van der Waals surface area contributed by atoms with E-state index in [4.69, 9.17) is 14.9 Å². The van der Waals surface area contributed by atoms with Gasteiger partial charge in [-0.3, -0.25) is 0 Å². The van der Waals surface area contributed by atoms with Crippen molar-refractivity contribution in [2.24, 2.45) is 0 Å². The van der Waals surface area contributed by atoms with Crippen molar-refractivity contribution in [2.45, 2.75) is 31.2 Å². The summed E-state index contributed by atoms with van der Waals surface area (Å²) in [4.78, 5) is 4.57. The lowest BCUT2D eigenvalue weighted by Gasteiger charge is -2.23. The minimum absolute atomic E-state index is 0.197. The molecule has 0 unspecified atom stereocenters. The Balaban J connectivity index is 1.60. The van der Waals surface area contributed by atoms with E-state index in [1.807, 2.05) is 12.3 Å². The number of allylic oxidation sites excluding steroid dienone is 1. The number of halogens is 1. The molecule has 2 aromatic carbocycles.